The van der Waals surface area contributed by atoms with Gasteiger partial charge in [0.05, 0.1) is 25.4 Å². The zero-order valence-corrected chi connectivity index (χ0v) is 27.9. The van der Waals surface area contributed by atoms with Crippen molar-refractivity contribution < 1.29 is 23.1 Å². The van der Waals surface area contributed by atoms with Crippen LogP contribution in [0.1, 0.15) is 50.6 Å². The minimum atomic E-state index is -0.657. The van der Waals surface area contributed by atoms with E-state index in [1.165, 1.54) is 42.4 Å². The lowest BCUT2D eigenvalue weighted by Crippen LogP contribution is -2.57. The van der Waals surface area contributed by atoms with E-state index in [0.29, 0.717) is 65.4 Å². The van der Waals surface area contributed by atoms with E-state index in [2.05, 4.69) is 48.8 Å². The SMILES string of the molecule is C=CC(=O)Nc1cc(Nc2cc(N3OCC[C@@H]3c3cc(F)cc(F)c3)ncn2)c(OC)nc1N1CCC(N2CCN(C3CC3)[C@H](C)C2)CC1. The molecule has 1 aromatic carbocycles. The van der Waals surface area contributed by atoms with Crippen LogP contribution in [0.5, 0.6) is 5.88 Å². The number of ether oxygens (including phenoxy) is 1. The molecule has 3 aromatic rings. The molecule has 0 spiro atoms. The highest BCUT2D eigenvalue weighted by atomic mass is 19.1. The van der Waals surface area contributed by atoms with Crippen LogP contribution in [0.3, 0.4) is 0 Å². The van der Waals surface area contributed by atoms with E-state index < -0.39 is 17.7 Å². The summed E-state index contributed by atoms with van der Waals surface area (Å²) in [5.41, 5.74) is 1.43. The second kappa shape index (κ2) is 14.2. The van der Waals surface area contributed by atoms with Gasteiger partial charge < -0.3 is 20.3 Å². The van der Waals surface area contributed by atoms with Gasteiger partial charge in [-0.1, -0.05) is 6.58 Å². The fourth-order valence-corrected chi connectivity index (χ4v) is 7.41. The molecule has 14 heteroatoms. The minimum Gasteiger partial charge on any atom is -0.479 e. The lowest BCUT2D eigenvalue weighted by atomic mass is 10.0. The maximum absolute atomic E-state index is 14.0. The summed E-state index contributed by atoms with van der Waals surface area (Å²) < 4.78 is 33.8. The molecule has 7 rings (SSSR count). The molecule has 5 heterocycles. The van der Waals surface area contributed by atoms with Crippen LogP contribution in [0.2, 0.25) is 0 Å². The highest BCUT2D eigenvalue weighted by Crippen LogP contribution is 2.39. The molecule has 0 radical (unpaired) electrons. The predicted molar refractivity (Wildman–Crippen MR) is 183 cm³/mol. The van der Waals surface area contributed by atoms with Crippen LogP contribution >= 0.6 is 0 Å². The monoisotopic (exact) mass is 675 g/mol. The zero-order valence-electron chi connectivity index (χ0n) is 27.9. The van der Waals surface area contributed by atoms with Gasteiger partial charge in [-0.3, -0.25) is 19.4 Å². The number of rotatable bonds is 10. The summed E-state index contributed by atoms with van der Waals surface area (Å²) in [6.45, 7) is 11.3. The van der Waals surface area contributed by atoms with Crippen LogP contribution in [0.4, 0.5) is 37.6 Å². The minimum absolute atomic E-state index is 0.324. The normalized spacial score (nSPS) is 22.3. The molecule has 2 aromatic heterocycles. The van der Waals surface area contributed by atoms with Crippen molar-refractivity contribution in [1.82, 2.24) is 24.8 Å². The number of carbonyl (C=O) groups is 1. The van der Waals surface area contributed by atoms with Crippen molar-refractivity contribution in [3.8, 4) is 5.88 Å². The van der Waals surface area contributed by atoms with Gasteiger partial charge in [-0.25, -0.2) is 23.8 Å². The number of hydroxylamine groups is 1. The lowest BCUT2D eigenvalue weighted by molar-refractivity contribution is -0.111. The fourth-order valence-electron chi connectivity index (χ4n) is 7.41. The Morgan fingerprint density at radius 1 is 0.980 bits per heavy atom. The number of pyridine rings is 1. The van der Waals surface area contributed by atoms with Crippen LogP contribution in [0.25, 0.3) is 0 Å². The maximum atomic E-state index is 14.0. The van der Waals surface area contributed by atoms with Gasteiger partial charge in [0.15, 0.2) is 11.6 Å². The number of anilines is 5. The number of methoxy groups -OCH3 is 1. The smallest absolute Gasteiger partial charge is 0.247 e. The average Bonchev–Trinajstić information content (AvgIpc) is 3.82. The van der Waals surface area contributed by atoms with Gasteiger partial charge in [0, 0.05) is 69.4 Å². The Labute approximate surface area is 285 Å². The number of nitrogens with zero attached hydrogens (tertiary/aromatic N) is 7. The summed E-state index contributed by atoms with van der Waals surface area (Å²) in [6.07, 6.45) is 7.80. The van der Waals surface area contributed by atoms with Gasteiger partial charge in [-0.05, 0) is 62.4 Å². The molecule has 2 atom stereocenters. The molecule has 260 valence electrons. The van der Waals surface area contributed by atoms with Gasteiger partial charge in [-0.2, -0.15) is 4.98 Å². The molecule has 1 aliphatic carbocycles. The van der Waals surface area contributed by atoms with E-state index in [1.807, 2.05) is 0 Å². The van der Waals surface area contributed by atoms with Crippen molar-refractivity contribution >= 4 is 34.7 Å². The van der Waals surface area contributed by atoms with E-state index in [0.717, 1.165) is 57.7 Å². The lowest BCUT2D eigenvalue weighted by Gasteiger charge is -2.46. The first-order valence-corrected chi connectivity index (χ1v) is 17.0. The summed E-state index contributed by atoms with van der Waals surface area (Å²) in [5, 5.41) is 7.71. The van der Waals surface area contributed by atoms with Crippen molar-refractivity contribution in [1.29, 1.82) is 0 Å². The van der Waals surface area contributed by atoms with Crippen LogP contribution in [0.15, 0.2) is 49.3 Å². The first-order valence-electron chi connectivity index (χ1n) is 17.0. The topological polar surface area (TPSA) is 111 Å². The van der Waals surface area contributed by atoms with Gasteiger partial charge in [-0.15, -0.1) is 0 Å². The van der Waals surface area contributed by atoms with Crippen LogP contribution < -0.4 is 25.3 Å². The summed E-state index contributed by atoms with van der Waals surface area (Å²) in [5.74, 6) is 0.0827. The summed E-state index contributed by atoms with van der Waals surface area (Å²) in [4.78, 5) is 39.5. The molecular weight excluding hydrogens is 632 g/mol. The highest BCUT2D eigenvalue weighted by Gasteiger charge is 2.38. The number of amides is 1. The molecule has 49 heavy (non-hydrogen) atoms. The number of hydrogen-bond acceptors (Lipinski definition) is 11. The molecule has 3 saturated heterocycles. The standard InChI is InChI=1S/C35H43F2N9O3/c1-4-33(47)41-28-18-29(40-31-19-32(39-21-38-31)46-30(9-14-49-46)23-15-24(36)17-25(37)16-23)35(48-3)42-34(28)43-10-7-26(8-11-43)44-12-13-45(22(2)20-44)27-5-6-27/h4,15-19,21-22,26-27,30H,1,5-14,20H2,2-3H3,(H,41,47)(H,38,39,40)/t22-,30-/m1/s1. The highest BCUT2D eigenvalue weighted by molar-refractivity contribution is 6.01. The Morgan fingerprint density at radius 2 is 1.76 bits per heavy atom. The molecule has 3 aliphatic heterocycles. The Hall–Kier alpha value is -4.40. The quantitative estimate of drug-likeness (QED) is 0.282. The van der Waals surface area contributed by atoms with Gasteiger partial charge in [0.1, 0.15) is 29.5 Å². The largest absolute Gasteiger partial charge is 0.479 e. The maximum Gasteiger partial charge on any atom is 0.247 e. The van der Waals surface area contributed by atoms with Crippen molar-refractivity contribution in [2.24, 2.45) is 0 Å². The summed E-state index contributed by atoms with van der Waals surface area (Å²) >= 11 is 0. The molecule has 12 nitrogen and oxygen atoms in total. The number of carbonyl (C=O) groups excluding carboxylic acids is 1. The van der Waals surface area contributed by atoms with Crippen molar-refractivity contribution in [2.45, 2.75) is 63.2 Å². The van der Waals surface area contributed by atoms with Crippen molar-refractivity contribution in [3.63, 3.8) is 0 Å². The number of nitrogens with one attached hydrogen (secondary N) is 2. The number of piperazine rings is 1. The van der Waals surface area contributed by atoms with E-state index in [1.54, 1.807) is 19.2 Å². The molecule has 4 aliphatic rings. The van der Waals surface area contributed by atoms with Crippen LogP contribution in [-0.2, 0) is 9.63 Å². The first kappa shape index (κ1) is 33.1. The first-order chi connectivity index (χ1) is 23.8. The third kappa shape index (κ3) is 7.31. The van der Waals surface area contributed by atoms with Crippen molar-refractivity contribution in [2.75, 3.05) is 67.0 Å². The third-order valence-electron chi connectivity index (χ3n) is 9.93. The van der Waals surface area contributed by atoms with E-state index in [9.17, 15) is 13.6 Å². The number of piperidine rings is 1. The third-order valence-corrected chi connectivity index (χ3v) is 9.93. The van der Waals surface area contributed by atoms with Gasteiger partial charge in [0.2, 0.25) is 11.8 Å². The second-order valence-corrected chi connectivity index (χ2v) is 13.2. The molecule has 0 unspecified atom stereocenters. The molecule has 4 fully saturated rings. The molecule has 2 N–H and O–H groups in total. The van der Waals surface area contributed by atoms with Crippen molar-refractivity contribution in [3.05, 3.63) is 66.5 Å². The zero-order chi connectivity index (χ0) is 34.1. The fraction of sp³-hybridized carbons (Fsp3) is 0.486. The Bertz CT molecular complexity index is 1660. The Balaban J connectivity index is 1.08. The number of hydrogen-bond donors (Lipinski definition) is 2. The van der Waals surface area contributed by atoms with Crippen LogP contribution in [-0.4, -0.2) is 95.2 Å². The Morgan fingerprint density at radius 3 is 2.45 bits per heavy atom. The number of aromatic nitrogens is 3. The molecule has 1 saturated carbocycles. The van der Waals surface area contributed by atoms with E-state index in [-0.39, 0.29) is 5.91 Å². The van der Waals surface area contributed by atoms with Crippen LogP contribution in [0, 0.1) is 11.6 Å². The Kier molecular flexibility index (Phi) is 9.61. The number of benzene rings is 1. The van der Waals surface area contributed by atoms with E-state index >= 15 is 0 Å². The summed E-state index contributed by atoms with van der Waals surface area (Å²) in [7, 11) is 1.54. The van der Waals surface area contributed by atoms with Gasteiger partial charge in [0.25, 0.3) is 0 Å². The van der Waals surface area contributed by atoms with Gasteiger partial charge >= 0.3 is 0 Å². The second-order valence-electron chi connectivity index (χ2n) is 13.2. The van der Waals surface area contributed by atoms with E-state index in [4.69, 9.17) is 14.6 Å². The molecular formula is C35H43F2N9O3. The average molecular weight is 676 g/mol. The molecule has 1 amide bonds. The predicted octanol–water partition coefficient (Wildman–Crippen LogP) is 5.05. The number of halogens is 2. The summed E-state index contributed by atoms with van der Waals surface area (Å²) in [6, 6.07) is 8.33. The molecule has 0 bridgehead atoms.